The van der Waals surface area contributed by atoms with E-state index in [1.165, 1.54) is 0 Å². The van der Waals surface area contributed by atoms with E-state index >= 15 is 0 Å². The summed E-state index contributed by atoms with van der Waals surface area (Å²) in [6, 6.07) is 5.34. The lowest BCUT2D eigenvalue weighted by Gasteiger charge is -2.17. The summed E-state index contributed by atoms with van der Waals surface area (Å²) in [4.78, 5) is 0. The highest BCUT2D eigenvalue weighted by Gasteiger charge is 2.21. The van der Waals surface area contributed by atoms with Gasteiger partial charge in [-0.3, -0.25) is 4.68 Å². The van der Waals surface area contributed by atoms with Crippen molar-refractivity contribution in [1.82, 2.24) is 9.78 Å². The highest BCUT2D eigenvalue weighted by molar-refractivity contribution is 5.47. The van der Waals surface area contributed by atoms with E-state index in [0.29, 0.717) is 0 Å². The van der Waals surface area contributed by atoms with E-state index in [0.717, 1.165) is 34.0 Å². The number of ether oxygens (including phenoxy) is 2. The van der Waals surface area contributed by atoms with Crippen LogP contribution < -0.4 is 15.2 Å². The van der Waals surface area contributed by atoms with E-state index in [4.69, 9.17) is 15.2 Å². The molecule has 5 nitrogen and oxygen atoms in total. The van der Waals surface area contributed by atoms with Crippen molar-refractivity contribution in [3.63, 3.8) is 0 Å². The van der Waals surface area contributed by atoms with Crippen molar-refractivity contribution >= 4 is 0 Å². The Labute approximate surface area is 119 Å². The second kappa shape index (κ2) is 5.54. The quantitative estimate of drug-likeness (QED) is 0.928. The monoisotopic (exact) mass is 275 g/mol. The Morgan fingerprint density at radius 3 is 2.40 bits per heavy atom. The van der Waals surface area contributed by atoms with Crippen molar-refractivity contribution in [1.29, 1.82) is 0 Å². The minimum absolute atomic E-state index is 0.297. The molecule has 1 unspecified atom stereocenters. The van der Waals surface area contributed by atoms with Gasteiger partial charge >= 0.3 is 0 Å². The summed E-state index contributed by atoms with van der Waals surface area (Å²) in [6.07, 6.45) is 0. The molecule has 2 N–H and O–H groups in total. The van der Waals surface area contributed by atoms with Crippen LogP contribution in [0.1, 0.15) is 28.6 Å². The number of nitrogens with zero attached hydrogens (tertiary/aromatic N) is 2. The summed E-state index contributed by atoms with van der Waals surface area (Å²) in [7, 11) is 5.19. The fraction of sp³-hybridized carbons (Fsp3) is 0.400. The zero-order valence-corrected chi connectivity index (χ0v) is 12.6. The number of hydrogen-bond donors (Lipinski definition) is 1. The lowest BCUT2D eigenvalue weighted by atomic mass is 9.97. The maximum atomic E-state index is 6.44. The van der Waals surface area contributed by atoms with Gasteiger partial charge in [0.15, 0.2) is 0 Å². The number of rotatable bonds is 4. The first-order valence-corrected chi connectivity index (χ1v) is 6.47. The van der Waals surface area contributed by atoms with Crippen molar-refractivity contribution in [2.75, 3.05) is 14.2 Å². The van der Waals surface area contributed by atoms with Crippen molar-refractivity contribution in [3.05, 3.63) is 40.7 Å². The van der Waals surface area contributed by atoms with Gasteiger partial charge in [-0.15, -0.1) is 0 Å². The fourth-order valence-corrected chi connectivity index (χ4v) is 2.48. The fourth-order valence-electron chi connectivity index (χ4n) is 2.48. The normalized spacial score (nSPS) is 12.3. The van der Waals surface area contributed by atoms with Crippen LogP contribution in [0.15, 0.2) is 18.2 Å². The SMILES string of the molecule is COc1ccc(OC)c(C(N)c2c(C)nn(C)c2C)c1. The summed E-state index contributed by atoms with van der Waals surface area (Å²) in [6.45, 7) is 3.98. The highest BCUT2D eigenvalue weighted by atomic mass is 16.5. The Kier molecular flexibility index (Phi) is 3.99. The first-order chi connectivity index (χ1) is 9.49. The molecule has 0 aliphatic carbocycles. The van der Waals surface area contributed by atoms with E-state index in [9.17, 15) is 0 Å². The van der Waals surface area contributed by atoms with Gasteiger partial charge in [-0.1, -0.05) is 0 Å². The Hall–Kier alpha value is -2.01. The van der Waals surface area contributed by atoms with Crippen LogP contribution >= 0.6 is 0 Å². The number of aromatic nitrogens is 2. The number of hydrogen-bond acceptors (Lipinski definition) is 4. The molecule has 0 amide bonds. The van der Waals surface area contributed by atoms with Gasteiger partial charge in [0.25, 0.3) is 0 Å². The molecule has 2 rings (SSSR count). The van der Waals surface area contributed by atoms with Gasteiger partial charge in [0.2, 0.25) is 0 Å². The second-order valence-corrected chi connectivity index (χ2v) is 4.79. The predicted molar refractivity (Wildman–Crippen MR) is 78.3 cm³/mol. The van der Waals surface area contributed by atoms with Crippen LogP contribution in [0.2, 0.25) is 0 Å². The van der Waals surface area contributed by atoms with Crippen LogP contribution in [0, 0.1) is 13.8 Å². The molecule has 0 saturated carbocycles. The molecular weight excluding hydrogens is 254 g/mol. The highest BCUT2D eigenvalue weighted by Crippen LogP contribution is 2.33. The van der Waals surface area contributed by atoms with Gasteiger partial charge < -0.3 is 15.2 Å². The smallest absolute Gasteiger partial charge is 0.124 e. The summed E-state index contributed by atoms with van der Waals surface area (Å²) in [5.74, 6) is 1.51. The second-order valence-electron chi connectivity index (χ2n) is 4.79. The van der Waals surface area contributed by atoms with Gasteiger partial charge in [0.1, 0.15) is 11.5 Å². The molecule has 0 fully saturated rings. The summed E-state index contributed by atoms with van der Waals surface area (Å²) in [5, 5.41) is 4.42. The maximum absolute atomic E-state index is 6.44. The van der Waals surface area contributed by atoms with Crippen LogP contribution in [-0.4, -0.2) is 24.0 Å². The summed E-state index contributed by atoms with van der Waals surface area (Å²) in [5.41, 5.74) is 10.4. The average Bonchev–Trinajstić information content (AvgIpc) is 2.70. The molecule has 0 spiro atoms. The van der Waals surface area contributed by atoms with Gasteiger partial charge in [0, 0.05) is 23.9 Å². The molecular formula is C15H21N3O2. The Bertz CT molecular complexity index is 620. The predicted octanol–water partition coefficient (Wildman–Crippen LogP) is 2.10. The molecule has 0 bridgehead atoms. The first kappa shape index (κ1) is 14.4. The molecule has 108 valence electrons. The van der Waals surface area contributed by atoms with E-state index in [1.807, 2.05) is 43.8 Å². The van der Waals surface area contributed by atoms with Crippen LogP contribution in [0.4, 0.5) is 0 Å². The molecule has 1 atom stereocenters. The van der Waals surface area contributed by atoms with Gasteiger partial charge in [-0.25, -0.2) is 0 Å². The van der Waals surface area contributed by atoms with E-state index in [1.54, 1.807) is 14.2 Å². The minimum atomic E-state index is -0.297. The molecule has 5 heteroatoms. The van der Waals surface area contributed by atoms with E-state index in [2.05, 4.69) is 5.10 Å². The third-order valence-corrected chi connectivity index (χ3v) is 3.65. The lowest BCUT2D eigenvalue weighted by Crippen LogP contribution is -2.15. The van der Waals surface area contributed by atoms with Crippen LogP contribution in [0.25, 0.3) is 0 Å². The van der Waals surface area contributed by atoms with E-state index < -0.39 is 0 Å². The molecule has 1 heterocycles. The van der Waals surface area contributed by atoms with Crippen LogP contribution in [-0.2, 0) is 7.05 Å². The standard InChI is InChI=1S/C15H21N3O2/c1-9-14(10(2)18(3)17-9)15(16)12-8-11(19-4)6-7-13(12)20-5/h6-8,15H,16H2,1-5H3. The molecule has 1 aromatic carbocycles. The number of methoxy groups -OCH3 is 2. The zero-order chi connectivity index (χ0) is 14.9. The molecule has 0 radical (unpaired) electrons. The van der Waals surface area contributed by atoms with Gasteiger partial charge in [-0.2, -0.15) is 5.10 Å². The largest absolute Gasteiger partial charge is 0.497 e. The number of benzene rings is 1. The summed E-state index contributed by atoms with van der Waals surface area (Å²) >= 11 is 0. The average molecular weight is 275 g/mol. The van der Waals surface area contributed by atoms with Crippen molar-refractivity contribution in [3.8, 4) is 11.5 Å². The number of nitrogens with two attached hydrogens (primary N) is 1. The van der Waals surface area contributed by atoms with Gasteiger partial charge in [-0.05, 0) is 32.0 Å². The molecule has 1 aromatic heterocycles. The van der Waals surface area contributed by atoms with Crippen LogP contribution in [0.3, 0.4) is 0 Å². The van der Waals surface area contributed by atoms with Gasteiger partial charge in [0.05, 0.1) is 26.0 Å². The molecule has 20 heavy (non-hydrogen) atoms. The van der Waals surface area contributed by atoms with E-state index in [-0.39, 0.29) is 6.04 Å². The number of aryl methyl sites for hydroxylation is 2. The molecule has 0 aliphatic rings. The van der Waals surface area contributed by atoms with Crippen LogP contribution in [0.5, 0.6) is 11.5 Å². The topological polar surface area (TPSA) is 62.3 Å². The molecule has 0 saturated heterocycles. The third-order valence-electron chi connectivity index (χ3n) is 3.65. The third kappa shape index (κ3) is 2.36. The minimum Gasteiger partial charge on any atom is -0.497 e. The Morgan fingerprint density at radius 2 is 1.90 bits per heavy atom. The van der Waals surface area contributed by atoms with Crippen molar-refractivity contribution < 1.29 is 9.47 Å². The maximum Gasteiger partial charge on any atom is 0.124 e. The first-order valence-electron chi connectivity index (χ1n) is 6.47. The van der Waals surface area contributed by atoms with Crippen molar-refractivity contribution in [2.45, 2.75) is 19.9 Å². The Balaban J connectivity index is 2.54. The molecule has 0 aliphatic heterocycles. The van der Waals surface area contributed by atoms with Crippen molar-refractivity contribution in [2.24, 2.45) is 12.8 Å². The Morgan fingerprint density at radius 1 is 1.20 bits per heavy atom. The molecule has 2 aromatic rings. The summed E-state index contributed by atoms with van der Waals surface area (Å²) < 4.78 is 12.5. The lowest BCUT2D eigenvalue weighted by molar-refractivity contribution is 0.397. The zero-order valence-electron chi connectivity index (χ0n) is 12.6.